The third kappa shape index (κ3) is 1.36. The van der Waals surface area contributed by atoms with E-state index >= 15 is 0 Å². The molecule has 0 fully saturated rings. The summed E-state index contributed by atoms with van der Waals surface area (Å²) in [4.78, 5) is 31.4. The first-order chi connectivity index (χ1) is 10.9. The monoisotopic (exact) mass is 309 g/mol. The number of likely N-dealkylation sites (N-methyl/N-ethyl adjacent to an activating group) is 1. The first kappa shape index (κ1) is 13.8. The normalized spacial score (nSPS) is 22.0. The van der Waals surface area contributed by atoms with E-state index in [9.17, 15) is 9.59 Å². The summed E-state index contributed by atoms with van der Waals surface area (Å²) in [6.45, 7) is 3.24. The number of nitrogens with zero attached hydrogens (tertiary/aromatic N) is 2. The van der Waals surface area contributed by atoms with Gasteiger partial charge in [-0.2, -0.15) is 4.98 Å². The number of nitrogens with two attached hydrogens (primary N) is 1. The Balaban J connectivity index is 2.19. The Hall–Kier alpha value is -2.89. The lowest BCUT2D eigenvalue weighted by molar-refractivity contribution is -0.130. The number of hydrogen-bond donors (Lipinski definition) is 1. The lowest BCUT2D eigenvalue weighted by Crippen LogP contribution is -2.40. The van der Waals surface area contributed by atoms with Gasteiger partial charge in [-0.1, -0.05) is 24.3 Å². The van der Waals surface area contributed by atoms with Gasteiger partial charge in [0.05, 0.1) is 0 Å². The zero-order chi connectivity index (χ0) is 16.5. The molecule has 1 aromatic heterocycles. The summed E-state index contributed by atoms with van der Waals surface area (Å²) in [6, 6.07) is 7.39. The molecule has 2 N–H and O–H groups in total. The Kier molecular flexibility index (Phi) is 2.45. The smallest absolute Gasteiger partial charge is 0.292 e. The van der Waals surface area contributed by atoms with Crippen LogP contribution in [0.15, 0.2) is 40.0 Å². The lowest BCUT2D eigenvalue weighted by Gasteiger charge is -2.25. The number of carbonyl (C=O) groups excluding carboxylic acids is 2. The third-order valence-corrected chi connectivity index (χ3v) is 4.79. The maximum atomic E-state index is 13.2. The van der Waals surface area contributed by atoms with Gasteiger partial charge in [-0.3, -0.25) is 9.59 Å². The Morgan fingerprint density at radius 2 is 2.04 bits per heavy atom. The highest BCUT2D eigenvalue weighted by molar-refractivity contribution is 6.15. The molecule has 116 valence electrons. The lowest BCUT2D eigenvalue weighted by atomic mass is 9.73. The van der Waals surface area contributed by atoms with Crippen molar-refractivity contribution >= 4 is 17.7 Å². The number of amides is 1. The van der Waals surface area contributed by atoms with Crippen LogP contribution in [0.2, 0.25) is 0 Å². The van der Waals surface area contributed by atoms with E-state index in [2.05, 4.69) is 4.98 Å². The van der Waals surface area contributed by atoms with Gasteiger partial charge in [-0.05, 0) is 19.4 Å². The molecule has 1 atom stereocenters. The summed E-state index contributed by atoms with van der Waals surface area (Å²) in [5.74, 6) is 0.0948. The standard InChI is InChI=1S/C17H15N3O3/c1-8-12(9(2)21)17(15(22)20(8)3)11-7-5-4-6-10(11)13-14(17)19-16(18)23-13/h4-7H,1-3H3,(H2,18,19). The summed E-state index contributed by atoms with van der Waals surface area (Å²) in [5, 5.41) is 0. The van der Waals surface area contributed by atoms with E-state index in [4.69, 9.17) is 10.2 Å². The van der Waals surface area contributed by atoms with Crippen LogP contribution in [0.25, 0.3) is 11.3 Å². The first-order valence-corrected chi connectivity index (χ1v) is 7.27. The molecule has 23 heavy (non-hydrogen) atoms. The summed E-state index contributed by atoms with van der Waals surface area (Å²) in [7, 11) is 1.67. The van der Waals surface area contributed by atoms with Crippen LogP contribution in [0.3, 0.4) is 0 Å². The number of fused-ring (bicyclic) bond motifs is 5. The number of aromatic nitrogens is 1. The number of allylic oxidation sites excluding steroid dienone is 1. The van der Waals surface area contributed by atoms with E-state index in [-0.39, 0.29) is 17.7 Å². The van der Waals surface area contributed by atoms with Crippen molar-refractivity contribution in [3.8, 4) is 11.3 Å². The number of carbonyl (C=O) groups is 2. The molecule has 0 bridgehead atoms. The van der Waals surface area contributed by atoms with E-state index in [1.165, 1.54) is 11.8 Å². The fraction of sp³-hybridized carbons (Fsp3) is 0.235. The van der Waals surface area contributed by atoms with Gasteiger partial charge < -0.3 is 15.1 Å². The molecule has 0 saturated carbocycles. The van der Waals surface area contributed by atoms with Gasteiger partial charge in [0.25, 0.3) is 6.01 Å². The molecule has 1 amide bonds. The minimum absolute atomic E-state index is 0.00761. The van der Waals surface area contributed by atoms with Crippen molar-refractivity contribution in [2.45, 2.75) is 19.3 Å². The molecule has 2 heterocycles. The molecule has 1 spiro atoms. The van der Waals surface area contributed by atoms with E-state index in [1.54, 1.807) is 14.0 Å². The van der Waals surface area contributed by atoms with Crippen LogP contribution in [0.4, 0.5) is 6.01 Å². The molecule has 1 unspecified atom stereocenters. The Labute approximate surface area is 132 Å². The summed E-state index contributed by atoms with van der Waals surface area (Å²) in [5.41, 5.74) is 7.43. The van der Waals surface area contributed by atoms with Crippen molar-refractivity contribution < 1.29 is 14.0 Å². The van der Waals surface area contributed by atoms with Crippen LogP contribution in [0.1, 0.15) is 25.1 Å². The number of Topliss-reactive ketones (excluding diaryl/α,β-unsaturated/α-hetero) is 1. The fourth-order valence-corrected chi connectivity index (χ4v) is 3.85. The Morgan fingerprint density at radius 1 is 1.35 bits per heavy atom. The average molecular weight is 309 g/mol. The van der Waals surface area contributed by atoms with E-state index in [0.717, 1.165) is 11.1 Å². The third-order valence-electron chi connectivity index (χ3n) is 4.79. The van der Waals surface area contributed by atoms with Crippen molar-refractivity contribution in [1.82, 2.24) is 9.88 Å². The molecule has 4 rings (SSSR count). The van der Waals surface area contributed by atoms with Crippen molar-refractivity contribution in [3.05, 3.63) is 46.8 Å². The van der Waals surface area contributed by atoms with Gasteiger partial charge in [0, 0.05) is 23.9 Å². The number of nitrogen functional groups attached to an aromatic ring is 1. The number of oxazole rings is 1. The van der Waals surface area contributed by atoms with Gasteiger partial charge in [0.15, 0.2) is 17.0 Å². The fourth-order valence-electron chi connectivity index (χ4n) is 3.85. The summed E-state index contributed by atoms with van der Waals surface area (Å²) < 4.78 is 5.55. The summed E-state index contributed by atoms with van der Waals surface area (Å²) in [6.07, 6.45) is 0. The molecule has 6 nitrogen and oxygen atoms in total. The molecule has 6 heteroatoms. The second kappa shape index (κ2) is 4.10. The molecule has 1 aliphatic carbocycles. The van der Waals surface area contributed by atoms with Gasteiger partial charge in [0.1, 0.15) is 5.69 Å². The number of rotatable bonds is 1. The van der Waals surface area contributed by atoms with Gasteiger partial charge >= 0.3 is 0 Å². The maximum Gasteiger partial charge on any atom is 0.292 e. The predicted molar refractivity (Wildman–Crippen MR) is 83.3 cm³/mol. The van der Waals surface area contributed by atoms with Crippen LogP contribution in [-0.4, -0.2) is 28.6 Å². The van der Waals surface area contributed by atoms with Crippen LogP contribution >= 0.6 is 0 Å². The first-order valence-electron chi connectivity index (χ1n) is 7.27. The van der Waals surface area contributed by atoms with Crippen LogP contribution in [0, 0.1) is 0 Å². The zero-order valence-corrected chi connectivity index (χ0v) is 13.0. The molecule has 1 aromatic carbocycles. The van der Waals surface area contributed by atoms with Crippen LogP contribution < -0.4 is 5.73 Å². The van der Waals surface area contributed by atoms with E-state index in [1.807, 2.05) is 24.3 Å². The molecular formula is C17H15N3O3. The molecule has 1 aliphatic heterocycles. The van der Waals surface area contributed by atoms with E-state index < -0.39 is 5.41 Å². The highest BCUT2D eigenvalue weighted by atomic mass is 16.4. The maximum absolute atomic E-state index is 13.2. The van der Waals surface area contributed by atoms with Crippen LogP contribution in [0.5, 0.6) is 0 Å². The molecule has 2 aliphatic rings. The number of ketones is 1. The minimum Gasteiger partial charge on any atom is -0.423 e. The Bertz CT molecular complexity index is 925. The summed E-state index contributed by atoms with van der Waals surface area (Å²) >= 11 is 0. The van der Waals surface area contributed by atoms with Crippen molar-refractivity contribution in [2.24, 2.45) is 0 Å². The average Bonchev–Trinajstić information content (AvgIpc) is 3.07. The van der Waals surface area contributed by atoms with Gasteiger partial charge in [-0.25, -0.2) is 0 Å². The molecular weight excluding hydrogens is 294 g/mol. The topological polar surface area (TPSA) is 89.4 Å². The largest absolute Gasteiger partial charge is 0.423 e. The van der Waals surface area contributed by atoms with Crippen molar-refractivity contribution in [1.29, 1.82) is 0 Å². The van der Waals surface area contributed by atoms with Gasteiger partial charge in [0.2, 0.25) is 5.91 Å². The number of hydrogen-bond acceptors (Lipinski definition) is 5. The Morgan fingerprint density at radius 3 is 2.74 bits per heavy atom. The second-order valence-electron chi connectivity index (χ2n) is 5.91. The predicted octanol–water partition coefficient (Wildman–Crippen LogP) is 1.86. The minimum atomic E-state index is -1.25. The number of anilines is 1. The van der Waals surface area contributed by atoms with Crippen molar-refractivity contribution in [2.75, 3.05) is 12.8 Å². The highest BCUT2D eigenvalue weighted by Crippen LogP contribution is 2.57. The SMILES string of the molecule is CC(=O)C1=C(C)N(C)C(=O)C12c1ccccc1-c1oc(N)nc12. The van der Waals surface area contributed by atoms with Crippen molar-refractivity contribution in [3.63, 3.8) is 0 Å². The van der Waals surface area contributed by atoms with E-state index in [0.29, 0.717) is 22.7 Å². The van der Waals surface area contributed by atoms with Crippen LogP contribution in [-0.2, 0) is 15.0 Å². The molecule has 0 radical (unpaired) electrons. The number of benzene rings is 1. The zero-order valence-electron chi connectivity index (χ0n) is 13.0. The molecule has 0 saturated heterocycles. The quantitative estimate of drug-likeness (QED) is 0.868. The van der Waals surface area contributed by atoms with Gasteiger partial charge in [-0.15, -0.1) is 0 Å². The molecule has 2 aromatic rings. The highest BCUT2D eigenvalue weighted by Gasteiger charge is 2.61. The second-order valence-corrected chi connectivity index (χ2v) is 5.91.